The van der Waals surface area contributed by atoms with Crippen molar-refractivity contribution in [3.8, 4) is 5.75 Å². The molecule has 0 unspecified atom stereocenters. The fraction of sp³-hybridized carbons (Fsp3) is 0.350. The number of carbonyl (C=O) groups is 1. The molecule has 0 atom stereocenters. The van der Waals surface area contributed by atoms with Gasteiger partial charge in [0.15, 0.2) is 0 Å². The zero-order valence-electron chi connectivity index (χ0n) is 15.4. The summed E-state index contributed by atoms with van der Waals surface area (Å²) in [6.45, 7) is 6.23. The second kappa shape index (κ2) is 8.85. The van der Waals surface area contributed by atoms with Crippen molar-refractivity contribution in [2.45, 2.75) is 44.9 Å². The van der Waals surface area contributed by atoms with E-state index < -0.39 is 15.9 Å². The van der Waals surface area contributed by atoms with E-state index in [9.17, 15) is 13.2 Å². The van der Waals surface area contributed by atoms with Gasteiger partial charge in [-0.3, -0.25) is 4.79 Å². The van der Waals surface area contributed by atoms with E-state index in [1.165, 1.54) is 12.1 Å². The Morgan fingerprint density at radius 2 is 1.62 bits per heavy atom. The number of hydrogen-bond donors (Lipinski definition) is 0. The number of unbranched alkanes of at least 4 members (excludes halogenated alkanes) is 1. The summed E-state index contributed by atoms with van der Waals surface area (Å²) in [4.78, 5) is 12.8. The molecule has 6 heteroatoms. The molecule has 2 aromatic rings. The van der Waals surface area contributed by atoms with Crippen molar-refractivity contribution in [3.05, 3.63) is 54.1 Å². The monoisotopic (exact) mass is 375 g/mol. The SMILES string of the molecule is CCCCC(=O)N(c1ccc(OCC)cc1)S(=O)(=O)c1ccc(C)cc1. The van der Waals surface area contributed by atoms with Gasteiger partial charge in [0.05, 0.1) is 17.2 Å². The molecule has 26 heavy (non-hydrogen) atoms. The molecule has 5 nitrogen and oxygen atoms in total. The third-order valence-corrected chi connectivity index (χ3v) is 5.68. The highest BCUT2D eigenvalue weighted by molar-refractivity contribution is 7.93. The first-order chi connectivity index (χ1) is 12.4. The van der Waals surface area contributed by atoms with Crippen LogP contribution in [0.5, 0.6) is 5.75 Å². The van der Waals surface area contributed by atoms with Crippen molar-refractivity contribution in [2.75, 3.05) is 10.9 Å². The van der Waals surface area contributed by atoms with Crippen LogP contribution in [0.4, 0.5) is 5.69 Å². The predicted molar refractivity (Wildman–Crippen MR) is 103 cm³/mol. The number of amides is 1. The Morgan fingerprint density at radius 3 is 2.15 bits per heavy atom. The van der Waals surface area contributed by atoms with Crippen molar-refractivity contribution >= 4 is 21.6 Å². The average Bonchev–Trinajstić information content (AvgIpc) is 2.62. The van der Waals surface area contributed by atoms with Crippen molar-refractivity contribution in [1.29, 1.82) is 0 Å². The van der Waals surface area contributed by atoms with Gasteiger partial charge in [0, 0.05) is 6.42 Å². The number of hydrogen-bond acceptors (Lipinski definition) is 4. The summed E-state index contributed by atoms with van der Waals surface area (Å²) in [7, 11) is -3.98. The number of sulfonamides is 1. The normalized spacial score (nSPS) is 11.2. The van der Waals surface area contributed by atoms with Crippen molar-refractivity contribution < 1.29 is 17.9 Å². The van der Waals surface area contributed by atoms with Gasteiger partial charge >= 0.3 is 0 Å². The van der Waals surface area contributed by atoms with Crippen LogP contribution in [0.1, 0.15) is 38.7 Å². The van der Waals surface area contributed by atoms with E-state index >= 15 is 0 Å². The van der Waals surface area contributed by atoms with E-state index in [1.807, 2.05) is 20.8 Å². The first-order valence-electron chi connectivity index (χ1n) is 8.77. The Morgan fingerprint density at radius 1 is 1.00 bits per heavy atom. The van der Waals surface area contributed by atoms with E-state index in [0.717, 1.165) is 16.3 Å². The molecule has 140 valence electrons. The molecule has 0 fully saturated rings. The lowest BCUT2D eigenvalue weighted by atomic mass is 10.2. The third kappa shape index (κ3) is 4.64. The standard InChI is InChI=1S/C20H25NO4S/c1-4-6-7-20(22)21(17-10-12-18(13-11-17)25-5-2)26(23,24)19-14-8-16(3)9-15-19/h8-15H,4-7H2,1-3H3. The molecule has 0 aliphatic heterocycles. The Kier molecular flexibility index (Phi) is 6.80. The zero-order valence-corrected chi connectivity index (χ0v) is 16.3. The molecule has 2 aromatic carbocycles. The number of rotatable bonds is 8. The minimum atomic E-state index is -3.98. The minimum Gasteiger partial charge on any atom is -0.494 e. The van der Waals surface area contributed by atoms with Gasteiger partial charge in [-0.25, -0.2) is 12.7 Å². The maximum Gasteiger partial charge on any atom is 0.270 e. The van der Waals surface area contributed by atoms with Gasteiger partial charge in [-0.15, -0.1) is 0 Å². The van der Waals surface area contributed by atoms with E-state index in [1.54, 1.807) is 36.4 Å². The lowest BCUT2D eigenvalue weighted by Gasteiger charge is -2.23. The first kappa shape index (κ1) is 20.0. The van der Waals surface area contributed by atoms with Crippen LogP contribution in [0, 0.1) is 6.92 Å². The summed E-state index contributed by atoms with van der Waals surface area (Å²) in [5.41, 5.74) is 1.27. The maximum absolute atomic E-state index is 13.1. The van der Waals surface area contributed by atoms with Gasteiger partial charge in [0.1, 0.15) is 5.75 Å². The number of carbonyl (C=O) groups excluding carboxylic acids is 1. The van der Waals surface area contributed by atoms with Crippen LogP contribution in [-0.2, 0) is 14.8 Å². The van der Waals surface area contributed by atoms with Crippen LogP contribution >= 0.6 is 0 Å². The van der Waals surface area contributed by atoms with Gasteiger partial charge in [-0.05, 0) is 56.7 Å². The van der Waals surface area contributed by atoms with Crippen LogP contribution in [0.25, 0.3) is 0 Å². The van der Waals surface area contributed by atoms with Crippen molar-refractivity contribution in [2.24, 2.45) is 0 Å². The molecule has 0 bridgehead atoms. The van der Waals surface area contributed by atoms with Crippen molar-refractivity contribution in [1.82, 2.24) is 0 Å². The fourth-order valence-electron chi connectivity index (χ4n) is 2.51. The predicted octanol–water partition coefficient (Wildman–Crippen LogP) is 4.31. The number of ether oxygens (including phenoxy) is 1. The summed E-state index contributed by atoms with van der Waals surface area (Å²) >= 11 is 0. The Labute approximate surface area is 155 Å². The molecular weight excluding hydrogens is 350 g/mol. The van der Waals surface area contributed by atoms with Gasteiger partial charge in [0.2, 0.25) is 5.91 Å². The number of benzene rings is 2. The quantitative estimate of drug-likeness (QED) is 0.690. The number of nitrogens with zero attached hydrogens (tertiary/aromatic N) is 1. The maximum atomic E-state index is 13.1. The average molecular weight is 375 g/mol. The highest BCUT2D eigenvalue weighted by atomic mass is 32.2. The Hall–Kier alpha value is -2.34. The molecule has 0 aromatic heterocycles. The molecule has 1 amide bonds. The lowest BCUT2D eigenvalue weighted by Crippen LogP contribution is -2.36. The smallest absolute Gasteiger partial charge is 0.270 e. The highest BCUT2D eigenvalue weighted by Crippen LogP contribution is 2.27. The molecular formula is C20H25NO4S. The molecule has 2 rings (SSSR count). The van der Waals surface area contributed by atoms with Crippen LogP contribution in [-0.4, -0.2) is 20.9 Å². The summed E-state index contributed by atoms with van der Waals surface area (Å²) in [5.74, 6) is 0.196. The lowest BCUT2D eigenvalue weighted by molar-refractivity contribution is -0.117. The number of aryl methyl sites for hydroxylation is 1. The van der Waals surface area contributed by atoms with Gasteiger partial charge in [-0.2, -0.15) is 0 Å². The van der Waals surface area contributed by atoms with E-state index in [2.05, 4.69) is 0 Å². The molecule has 0 aliphatic rings. The zero-order chi connectivity index (χ0) is 19.2. The summed E-state index contributed by atoms with van der Waals surface area (Å²) in [6, 6.07) is 13.0. The van der Waals surface area contributed by atoms with Crippen LogP contribution in [0.2, 0.25) is 0 Å². The highest BCUT2D eigenvalue weighted by Gasteiger charge is 2.30. The second-order valence-electron chi connectivity index (χ2n) is 6.01. The Bertz CT molecular complexity index is 827. The molecule has 0 saturated carbocycles. The van der Waals surface area contributed by atoms with Crippen LogP contribution in [0.3, 0.4) is 0 Å². The number of anilines is 1. The van der Waals surface area contributed by atoms with Crippen LogP contribution < -0.4 is 9.04 Å². The molecule has 0 radical (unpaired) electrons. The fourth-order valence-corrected chi connectivity index (χ4v) is 3.96. The van der Waals surface area contributed by atoms with Crippen molar-refractivity contribution in [3.63, 3.8) is 0 Å². The molecule has 0 saturated heterocycles. The Balaban J connectivity index is 2.46. The van der Waals surface area contributed by atoms with E-state index in [4.69, 9.17) is 4.74 Å². The molecule has 0 N–H and O–H groups in total. The largest absolute Gasteiger partial charge is 0.494 e. The van der Waals surface area contributed by atoms with Crippen LogP contribution in [0.15, 0.2) is 53.4 Å². The molecule has 0 aliphatic carbocycles. The van der Waals surface area contributed by atoms with Gasteiger partial charge < -0.3 is 4.74 Å². The van der Waals surface area contributed by atoms with E-state index in [-0.39, 0.29) is 11.3 Å². The second-order valence-corrected chi connectivity index (χ2v) is 7.79. The third-order valence-electron chi connectivity index (χ3n) is 3.91. The molecule has 0 heterocycles. The molecule has 0 spiro atoms. The first-order valence-corrected chi connectivity index (χ1v) is 10.2. The summed E-state index contributed by atoms with van der Waals surface area (Å²) < 4.78 is 32.6. The van der Waals surface area contributed by atoms with Gasteiger partial charge in [0.25, 0.3) is 10.0 Å². The topological polar surface area (TPSA) is 63.7 Å². The van der Waals surface area contributed by atoms with E-state index in [0.29, 0.717) is 24.5 Å². The summed E-state index contributed by atoms with van der Waals surface area (Å²) in [6.07, 6.45) is 1.62. The summed E-state index contributed by atoms with van der Waals surface area (Å²) in [5, 5.41) is 0. The van der Waals surface area contributed by atoms with Gasteiger partial charge in [-0.1, -0.05) is 31.0 Å². The minimum absolute atomic E-state index is 0.0989.